The molecule has 0 N–H and O–H groups in total. The molecule has 2 nitrogen and oxygen atoms in total. The summed E-state index contributed by atoms with van der Waals surface area (Å²) in [4.78, 5) is 0. The Balaban J connectivity index is 2.33. The Bertz CT molecular complexity index is 416. The lowest BCUT2D eigenvalue weighted by atomic mass is 9.97. The molecule has 1 heterocycles. The van der Waals surface area contributed by atoms with Crippen LogP contribution in [0.5, 0.6) is 0 Å². The van der Waals surface area contributed by atoms with Crippen molar-refractivity contribution in [2.75, 3.05) is 6.61 Å². The minimum absolute atomic E-state index is 0.187. The zero-order valence-corrected chi connectivity index (χ0v) is 8.67. The number of ether oxygens (including phenoxy) is 1. The molecule has 2 atom stereocenters. The Morgan fingerprint density at radius 1 is 1.53 bits per heavy atom. The van der Waals surface area contributed by atoms with Crippen molar-refractivity contribution >= 4 is 11.6 Å². The monoisotopic (exact) mass is 225 g/mol. The minimum atomic E-state index is -0.379. The topological polar surface area (TPSA) is 33.0 Å². The zero-order chi connectivity index (χ0) is 10.8. The van der Waals surface area contributed by atoms with Crippen LogP contribution in [0.15, 0.2) is 18.2 Å². The highest BCUT2D eigenvalue weighted by molar-refractivity contribution is 6.31. The Morgan fingerprint density at radius 3 is 3.00 bits per heavy atom. The third kappa shape index (κ3) is 1.97. The normalized spacial score (nSPS) is 25.1. The molecule has 1 saturated heterocycles. The molecule has 0 aliphatic carbocycles. The van der Waals surface area contributed by atoms with Gasteiger partial charge in [-0.1, -0.05) is 17.7 Å². The van der Waals surface area contributed by atoms with Gasteiger partial charge in [-0.2, -0.15) is 5.26 Å². The van der Waals surface area contributed by atoms with Gasteiger partial charge in [0.1, 0.15) is 5.82 Å². The maximum atomic E-state index is 12.8. The van der Waals surface area contributed by atoms with Crippen LogP contribution in [-0.4, -0.2) is 6.61 Å². The van der Waals surface area contributed by atoms with Gasteiger partial charge in [0, 0.05) is 17.2 Å². The lowest BCUT2D eigenvalue weighted by Crippen LogP contribution is -2.06. The van der Waals surface area contributed by atoms with E-state index in [0.29, 0.717) is 23.6 Å². The van der Waals surface area contributed by atoms with E-state index in [1.165, 1.54) is 12.1 Å². The molecule has 2 rings (SSSR count). The van der Waals surface area contributed by atoms with E-state index in [2.05, 4.69) is 6.07 Å². The quantitative estimate of drug-likeness (QED) is 0.736. The maximum Gasteiger partial charge on any atom is 0.124 e. The Labute approximate surface area is 92.2 Å². The van der Waals surface area contributed by atoms with E-state index in [1.807, 2.05) is 0 Å². The van der Waals surface area contributed by atoms with E-state index in [-0.39, 0.29) is 17.8 Å². The molecule has 0 saturated carbocycles. The zero-order valence-electron chi connectivity index (χ0n) is 7.91. The molecule has 2 unspecified atom stereocenters. The highest BCUT2D eigenvalue weighted by Crippen LogP contribution is 2.37. The first-order chi connectivity index (χ1) is 7.22. The summed E-state index contributed by atoms with van der Waals surface area (Å²) in [6.45, 7) is 0.552. The number of hydrogen-bond acceptors (Lipinski definition) is 2. The smallest absolute Gasteiger partial charge is 0.124 e. The predicted molar refractivity (Wildman–Crippen MR) is 53.8 cm³/mol. The van der Waals surface area contributed by atoms with Gasteiger partial charge in [0.2, 0.25) is 0 Å². The summed E-state index contributed by atoms with van der Waals surface area (Å²) in [6, 6.07) is 6.33. The third-order valence-electron chi connectivity index (χ3n) is 2.53. The first kappa shape index (κ1) is 10.4. The van der Waals surface area contributed by atoms with Crippen LogP contribution >= 0.6 is 11.6 Å². The standard InChI is InChI=1S/C11H9ClFNO/c12-10-5-8(13)1-2-9(10)11-7(6-14)3-4-15-11/h1-2,5,7,11H,3-4H2. The second-order valence-electron chi connectivity index (χ2n) is 3.48. The predicted octanol–water partition coefficient (Wildman–Crippen LogP) is 3.08. The lowest BCUT2D eigenvalue weighted by Gasteiger charge is -2.14. The molecule has 4 heteroatoms. The van der Waals surface area contributed by atoms with Crippen molar-refractivity contribution in [1.82, 2.24) is 0 Å². The van der Waals surface area contributed by atoms with Gasteiger partial charge in [0.25, 0.3) is 0 Å². The van der Waals surface area contributed by atoms with E-state index in [9.17, 15) is 4.39 Å². The second kappa shape index (κ2) is 4.18. The largest absolute Gasteiger partial charge is 0.372 e. The highest BCUT2D eigenvalue weighted by Gasteiger charge is 2.31. The van der Waals surface area contributed by atoms with Crippen LogP contribution in [0.25, 0.3) is 0 Å². The molecule has 15 heavy (non-hydrogen) atoms. The Morgan fingerprint density at radius 2 is 2.33 bits per heavy atom. The summed E-state index contributed by atoms with van der Waals surface area (Å²) in [7, 11) is 0. The molecule has 0 spiro atoms. The molecule has 1 aromatic carbocycles. The molecule has 1 aliphatic heterocycles. The van der Waals surface area contributed by atoms with Crippen LogP contribution in [0.4, 0.5) is 4.39 Å². The number of benzene rings is 1. The number of halogens is 2. The highest BCUT2D eigenvalue weighted by atomic mass is 35.5. The van der Waals surface area contributed by atoms with E-state index < -0.39 is 0 Å². The SMILES string of the molecule is N#CC1CCOC1c1ccc(F)cc1Cl. The van der Waals surface area contributed by atoms with Crippen LogP contribution in [0.1, 0.15) is 18.1 Å². The molecule has 0 aromatic heterocycles. The van der Waals surface area contributed by atoms with Crippen molar-refractivity contribution in [2.24, 2.45) is 5.92 Å². The summed E-state index contributed by atoms with van der Waals surface area (Å²) in [6.07, 6.45) is 0.387. The van der Waals surface area contributed by atoms with Gasteiger partial charge in [0.15, 0.2) is 0 Å². The fourth-order valence-corrected chi connectivity index (χ4v) is 2.04. The number of rotatable bonds is 1. The van der Waals surface area contributed by atoms with E-state index in [1.54, 1.807) is 6.07 Å². The fraction of sp³-hybridized carbons (Fsp3) is 0.364. The number of nitrogens with zero attached hydrogens (tertiary/aromatic N) is 1. The first-order valence-electron chi connectivity index (χ1n) is 4.68. The average Bonchev–Trinajstić information content (AvgIpc) is 2.65. The van der Waals surface area contributed by atoms with Gasteiger partial charge in [-0.3, -0.25) is 0 Å². The van der Waals surface area contributed by atoms with Crippen molar-refractivity contribution in [3.05, 3.63) is 34.6 Å². The van der Waals surface area contributed by atoms with Gasteiger partial charge in [-0.15, -0.1) is 0 Å². The summed E-state index contributed by atoms with van der Waals surface area (Å²) < 4.78 is 18.3. The third-order valence-corrected chi connectivity index (χ3v) is 2.85. The lowest BCUT2D eigenvalue weighted by molar-refractivity contribution is 0.101. The molecule has 0 amide bonds. The molecule has 0 bridgehead atoms. The average molecular weight is 226 g/mol. The summed E-state index contributed by atoms with van der Waals surface area (Å²) >= 11 is 5.90. The minimum Gasteiger partial charge on any atom is -0.372 e. The molecule has 1 aliphatic rings. The molecular formula is C11H9ClFNO. The first-order valence-corrected chi connectivity index (χ1v) is 5.06. The van der Waals surface area contributed by atoms with Crippen molar-refractivity contribution in [3.63, 3.8) is 0 Å². The second-order valence-corrected chi connectivity index (χ2v) is 3.89. The van der Waals surface area contributed by atoms with Crippen molar-refractivity contribution < 1.29 is 9.13 Å². The van der Waals surface area contributed by atoms with Gasteiger partial charge in [0.05, 0.1) is 18.1 Å². The fourth-order valence-electron chi connectivity index (χ4n) is 1.76. The molecule has 78 valence electrons. The maximum absolute atomic E-state index is 12.8. The van der Waals surface area contributed by atoms with E-state index in [4.69, 9.17) is 21.6 Å². The van der Waals surface area contributed by atoms with E-state index >= 15 is 0 Å². The van der Waals surface area contributed by atoms with Crippen molar-refractivity contribution in [1.29, 1.82) is 5.26 Å². The van der Waals surface area contributed by atoms with Crippen LogP contribution in [0, 0.1) is 23.1 Å². The molecule has 1 fully saturated rings. The summed E-state index contributed by atoms with van der Waals surface area (Å²) in [5, 5.41) is 9.22. The van der Waals surface area contributed by atoms with Gasteiger partial charge >= 0.3 is 0 Å². The van der Waals surface area contributed by atoms with Gasteiger partial charge in [-0.25, -0.2) is 4.39 Å². The van der Waals surface area contributed by atoms with E-state index in [0.717, 1.165) is 0 Å². The molecule has 1 aromatic rings. The number of hydrogen-bond donors (Lipinski definition) is 0. The summed E-state index contributed by atoms with van der Waals surface area (Å²) in [5.41, 5.74) is 0.696. The Hall–Kier alpha value is -1.11. The van der Waals surface area contributed by atoms with Crippen LogP contribution in [0.3, 0.4) is 0 Å². The number of nitriles is 1. The molecular weight excluding hydrogens is 217 g/mol. The summed E-state index contributed by atoms with van der Waals surface area (Å²) in [5.74, 6) is -0.566. The van der Waals surface area contributed by atoms with Crippen LogP contribution < -0.4 is 0 Å². The molecule has 0 radical (unpaired) electrons. The van der Waals surface area contributed by atoms with Crippen molar-refractivity contribution in [3.8, 4) is 6.07 Å². The van der Waals surface area contributed by atoms with Crippen LogP contribution in [0.2, 0.25) is 5.02 Å². The van der Waals surface area contributed by atoms with Gasteiger partial charge in [-0.05, 0) is 18.6 Å². The van der Waals surface area contributed by atoms with Crippen molar-refractivity contribution in [2.45, 2.75) is 12.5 Å². The van der Waals surface area contributed by atoms with Crippen LogP contribution in [-0.2, 0) is 4.74 Å². The Kier molecular flexibility index (Phi) is 2.90. The van der Waals surface area contributed by atoms with Gasteiger partial charge < -0.3 is 4.74 Å².